The lowest BCUT2D eigenvalue weighted by Gasteiger charge is -2.22. The van der Waals surface area contributed by atoms with E-state index in [4.69, 9.17) is 4.99 Å². The van der Waals surface area contributed by atoms with Gasteiger partial charge in [0.1, 0.15) is 0 Å². The Bertz CT molecular complexity index is 694. The van der Waals surface area contributed by atoms with Gasteiger partial charge in [0, 0.05) is 45.5 Å². The largest absolute Gasteiger partial charge is 0.357 e. The number of hydrogen-bond acceptors (Lipinski definition) is 2. The Hall–Kier alpha value is -1.57. The van der Waals surface area contributed by atoms with Gasteiger partial charge in [-0.15, -0.1) is 24.0 Å². The molecule has 0 radical (unpaired) electrons. The van der Waals surface area contributed by atoms with E-state index in [1.54, 1.807) is 0 Å². The average Bonchev–Trinajstić information content (AvgIpc) is 2.99. The first-order chi connectivity index (χ1) is 12.5. The van der Waals surface area contributed by atoms with Crippen molar-refractivity contribution in [2.75, 3.05) is 20.1 Å². The fourth-order valence-electron chi connectivity index (χ4n) is 3.08. The number of guanidine groups is 1. The molecule has 0 unspecified atom stereocenters. The van der Waals surface area contributed by atoms with Crippen molar-refractivity contribution in [2.24, 2.45) is 12.0 Å². The number of hydrogen-bond donors (Lipinski definition) is 1. The van der Waals surface area contributed by atoms with Crippen LogP contribution in [0.3, 0.4) is 0 Å². The van der Waals surface area contributed by atoms with E-state index in [-0.39, 0.29) is 24.0 Å². The van der Waals surface area contributed by atoms with Crippen LogP contribution in [0.1, 0.15) is 49.9 Å². The normalized spacial score (nSPS) is 11.4. The maximum atomic E-state index is 4.81. The zero-order valence-electron chi connectivity index (χ0n) is 17.3. The first kappa shape index (κ1) is 23.5. The maximum Gasteiger partial charge on any atom is 0.193 e. The molecule has 2 rings (SSSR count). The molecule has 0 bridgehead atoms. The molecular weight excluding hydrogens is 449 g/mol. The van der Waals surface area contributed by atoms with Crippen LogP contribution in [0.2, 0.25) is 0 Å². The molecule has 0 aliphatic carbocycles. The van der Waals surface area contributed by atoms with Gasteiger partial charge in [0.2, 0.25) is 0 Å². The van der Waals surface area contributed by atoms with E-state index in [0.29, 0.717) is 5.92 Å². The molecule has 0 spiro atoms. The van der Waals surface area contributed by atoms with Gasteiger partial charge >= 0.3 is 0 Å². The van der Waals surface area contributed by atoms with E-state index in [9.17, 15) is 0 Å². The molecule has 6 heteroatoms. The molecular formula is C21H34IN5. The Morgan fingerprint density at radius 3 is 2.59 bits per heavy atom. The maximum absolute atomic E-state index is 4.81. The van der Waals surface area contributed by atoms with Gasteiger partial charge in [-0.2, -0.15) is 5.10 Å². The Balaban J connectivity index is 0.00000364. The number of halogens is 1. The third kappa shape index (κ3) is 7.52. The number of rotatable bonds is 8. The van der Waals surface area contributed by atoms with Crippen LogP contribution >= 0.6 is 24.0 Å². The molecule has 1 heterocycles. The predicted molar refractivity (Wildman–Crippen MR) is 125 cm³/mol. The Morgan fingerprint density at radius 1 is 1.26 bits per heavy atom. The second-order valence-corrected chi connectivity index (χ2v) is 7.05. The molecule has 0 atom stereocenters. The fraction of sp³-hybridized carbons (Fsp3) is 0.524. The highest BCUT2D eigenvalue weighted by atomic mass is 127. The summed E-state index contributed by atoms with van der Waals surface area (Å²) in [5.74, 6) is 1.38. The van der Waals surface area contributed by atoms with Gasteiger partial charge in [0.15, 0.2) is 5.96 Å². The topological polar surface area (TPSA) is 45.5 Å². The standard InChI is InChI=1S/C21H33N5.HI/c1-6-22-21(23-14-10-13-18-11-8-7-9-12-18)25(4)15-19-16-26(5)24-20(19)17(2)3;/h7-9,11-12,16-17H,6,10,13-15H2,1-5H3,(H,22,23);1H. The minimum Gasteiger partial charge on any atom is -0.357 e. The second-order valence-electron chi connectivity index (χ2n) is 7.05. The molecule has 0 aliphatic rings. The van der Waals surface area contributed by atoms with Crippen molar-refractivity contribution in [1.82, 2.24) is 20.0 Å². The average molecular weight is 483 g/mol. The van der Waals surface area contributed by atoms with Crippen molar-refractivity contribution in [2.45, 2.75) is 46.1 Å². The highest BCUT2D eigenvalue weighted by molar-refractivity contribution is 14.0. The zero-order valence-corrected chi connectivity index (χ0v) is 19.6. The summed E-state index contributed by atoms with van der Waals surface area (Å²) in [7, 11) is 4.08. The number of aromatic nitrogens is 2. The second kappa shape index (κ2) is 12.0. The quantitative estimate of drug-likeness (QED) is 0.265. The first-order valence-corrected chi connectivity index (χ1v) is 9.57. The van der Waals surface area contributed by atoms with Gasteiger partial charge in [-0.05, 0) is 31.2 Å². The summed E-state index contributed by atoms with van der Waals surface area (Å²) in [6, 6.07) is 10.6. The number of aliphatic imine (C=N–C) groups is 1. The molecule has 1 aromatic heterocycles. The first-order valence-electron chi connectivity index (χ1n) is 9.57. The Morgan fingerprint density at radius 2 is 1.96 bits per heavy atom. The summed E-state index contributed by atoms with van der Waals surface area (Å²) < 4.78 is 1.91. The molecule has 1 aromatic carbocycles. The van der Waals surface area contributed by atoms with Crippen molar-refractivity contribution in [3.63, 3.8) is 0 Å². The number of aryl methyl sites for hydroxylation is 2. The van der Waals surface area contributed by atoms with E-state index in [1.165, 1.54) is 16.8 Å². The Kier molecular flexibility index (Phi) is 10.4. The van der Waals surface area contributed by atoms with Gasteiger partial charge in [-0.1, -0.05) is 44.2 Å². The van der Waals surface area contributed by atoms with Crippen molar-refractivity contribution in [3.8, 4) is 0 Å². The van der Waals surface area contributed by atoms with Gasteiger partial charge in [0.25, 0.3) is 0 Å². The third-order valence-corrected chi connectivity index (χ3v) is 4.32. The van der Waals surface area contributed by atoms with Crippen molar-refractivity contribution < 1.29 is 0 Å². The van der Waals surface area contributed by atoms with E-state index in [1.807, 2.05) is 11.7 Å². The molecule has 0 amide bonds. The summed E-state index contributed by atoms with van der Waals surface area (Å²) in [4.78, 5) is 7.00. The lowest BCUT2D eigenvalue weighted by atomic mass is 10.1. The van der Waals surface area contributed by atoms with Crippen molar-refractivity contribution in [1.29, 1.82) is 0 Å². The molecule has 1 N–H and O–H groups in total. The van der Waals surface area contributed by atoms with Crippen LogP contribution in [-0.4, -0.2) is 40.8 Å². The van der Waals surface area contributed by atoms with Crippen LogP contribution in [0.25, 0.3) is 0 Å². The minimum atomic E-state index is 0. The molecule has 0 saturated carbocycles. The summed E-state index contributed by atoms with van der Waals surface area (Å²) in [5, 5.41) is 8.01. The highest BCUT2D eigenvalue weighted by Gasteiger charge is 2.15. The van der Waals surface area contributed by atoms with E-state index in [0.717, 1.165) is 38.4 Å². The molecule has 0 fully saturated rings. The molecule has 0 saturated heterocycles. The summed E-state index contributed by atoms with van der Waals surface area (Å²) in [5.41, 5.74) is 3.80. The van der Waals surface area contributed by atoms with Crippen LogP contribution in [0.15, 0.2) is 41.5 Å². The fourth-order valence-corrected chi connectivity index (χ4v) is 3.08. The summed E-state index contributed by atoms with van der Waals surface area (Å²) in [6.07, 6.45) is 4.23. The van der Waals surface area contributed by atoms with Gasteiger partial charge in [-0.25, -0.2) is 0 Å². The van der Waals surface area contributed by atoms with Gasteiger partial charge in [0.05, 0.1) is 5.69 Å². The number of nitrogens with zero attached hydrogens (tertiary/aromatic N) is 4. The van der Waals surface area contributed by atoms with Crippen LogP contribution in [0, 0.1) is 0 Å². The highest BCUT2D eigenvalue weighted by Crippen LogP contribution is 2.18. The smallest absolute Gasteiger partial charge is 0.193 e. The minimum absolute atomic E-state index is 0. The molecule has 0 aliphatic heterocycles. The van der Waals surface area contributed by atoms with E-state index < -0.39 is 0 Å². The number of nitrogens with one attached hydrogen (secondary N) is 1. The summed E-state index contributed by atoms with van der Waals surface area (Å²) in [6.45, 7) is 8.99. The molecule has 150 valence electrons. The lowest BCUT2D eigenvalue weighted by molar-refractivity contribution is 0.473. The van der Waals surface area contributed by atoms with E-state index >= 15 is 0 Å². The summed E-state index contributed by atoms with van der Waals surface area (Å²) >= 11 is 0. The van der Waals surface area contributed by atoms with Crippen molar-refractivity contribution in [3.05, 3.63) is 53.3 Å². The van der Waals surface area contributed by atoms with Gasteiger partial charge < -0.3 is 10.2 Å². The van der Waals surface area contributed by atoms with Crippen LogP contribution in [-0.2, 0) is 20.0 Å². The lowest BCUT2D eigenvalue weighted by Crippen LogP contribution is -2.38. The molecule has 2 aromatic rings. The number of benzene rings is 1. The van der Waals surface area contributed by atoms with Crippen LogP contribution in [0.5, 0.6) is 0 Å². The van der Waals surface area contributed by atoms with E-state index in [2.05, 4.69) is 79.7 Å². The predicted octanol–water partition coefficient (Wildman–Crippen LogP) is 4.19. The monoisotopic (exact) mass is 483 g/mol. The van der Waals surface area contributed by atoms with Crippen molar-refractivity contribution >= 4 is 29.9 Å². The molecule has 5 nitrogen and oxygen atoms in total. The third-order valence-electron chi connectivity index (χ3n) is 4.32. The van der Waals surface area contributed by atoms with Crippen LogP contribution < -0.4 is 5.32 Å². The zero-order chi connectivity index (χ0) is 18.9. The molecule has 27 heavy (non-hydrogen) atoms. The Labute approximate surface area is 181 Å². The van der Waals surface area contributed by atoms with Crippen LogP contribution in [0.4, 0.5) is 0 Å². The SMILES string of the molecule is CCNC(=NCCCc1ccccc1)N(C)Cc1cn(C)nc1C(C)C.I. The van der Waals surface area contributed by atoms with Gasteiger partial charge in [-0.3, -0.25) is 9.67 Å².